The summed E-state index contributed by atoms with van der Waals surface area (Å²) < 4.78 is 38.8. The third-order valence-electron chi connectivity index (χ3n) is 3.71. The fraction of sp³-hybridized carbons (Fsp3) is 0.500. The molecule has 0 spiro atoms. The minimum Gasteiger partial charge on any atom is -0.333 e. The second-order valence-corrected chi connectivity index (χ2v) is 5.59. The number of nitrogens with zero attached hydrogens (tertiary/aromatic N) is 1. The first kappa shape index (κ1) is 20.0. The van der Waals surface area contributed by atoms with Crippen molar-refractivity contribution in [3.63, 3.8) is 0 Å². The van der Waals surface area contributed by atoms with Crippen LogP contribution in [-0.4, -0.2) is 35.8 Å². The van der Waals surface area contributed by atoms with Gasteiger partial charge in [0.1, 0.15) is 0 Å². The predicted molar refractivity (Wildman–Crippen MR) is 85.1 cm³/mol. The Kier molecular flexibility index (Phi) is 6.77. The molecule has 1 rings (SSSR count). The van der Waals surface area contributed by atoms with Crippen molar-refractivity contribution in [3.8, 4) is 0 Å². The molecule has 8 heteroatoms. The molecule has 0 bridgehead atoms. The molecule has 2 atom stereocenters. The summed E-state index contributed by atoms with van der Waals surface area (Å²) in [7, 11) is 0. The minimum atomic E-state index is -4.58. The van der Waals surface area contributed by atoms with Gasteiger partial charge in [0.2, 0.25) is 11.8 Å². The molecule has 2 amide bonds. The summed E-state index contributed by atoms with van der Waals surface area (Å²) in [4.78, 5) is 25.5. The molecule has 24 heavy (non-hydrogen) atoms. The number of likely N-dealkylation sites (N-methyl/N-ethyl adjacent to an activating group) is 1. The number of para-hydroxylation sites is 1. The average molecular weight is 345 g/mol. The van der Waals surface area contributed by atoms with E-state index in [2.05, 4.69) is 5.32 Å². The number of hydrogen-bond acceptors (Lipinski definition) is 3. The number of carbonyl (C=O) groups is 2. The van der Waals surface area contributed by atoms with E-state index in [1.165, 1.54) is 23.1 Å². The number of amides is 2. The Hall–Kier alpha value is -2.09. The maximum absolute atomic E-state index is 12.9. The van der Waals surface area contributed by atoms with Crippen LogP contribution in [0.25, 0.3) is 0 Å². The molecule has 134 valence electrons. The predicted octanol–water partition coefficient (Wildman–Crippen LogP) is 2.48. The van der Waals surface area contributed by atoms with Gasteiger partial charge in [-0.1, -0.05) is 19.1 Å². The second kappa shape index (κ2) is 8.14. The van der Waals surface area contributed by atoms with E-state index in [1.807, 2.05) is 0 Å². The van der Waals surface area contributed by atoms with Crippen LogP contribution >= 0.6 is 0 Å². The van der Waals surface area contributed by atoms with Crippen LogP contribution in [0.4, 0.5) is 18.9 Å². The monoisotopic (exact) mass is 345 g/mol. The summed E-state index contributed by atoms with van der Waals surface area (Å²) in [6.45, 7) is 4.92. The summed E-state index contributed by atoms with van der Waals surface area (Å²) >= 11 is 0. The Balaban J connectivity index is 2.84. The lowest BCUT2D eigenvalue weighted by Crippen LogP contribution is -2.44. The second-order valence-electron chi connectivity index (χ2n) is 5.59. The van der Waals surface area contributed by atoms with E-state index >= 15 is 0 Å². The Morgan fingerprint density at radius 3 is 2.33 bits per heavy atom. The van der Waals surface area contributed by atoms with Crippen LogP contribution in [0.15, 0.2) is 24.3 Å². The molecule has 1 aromatic rings. The van der Waals surface area contributed by atoms with Crippen molar-refractivity contribution >= 4 is 17.5 Å². The fourth-order valence-electron chi connectivity index (χ4n) is 2.06. The minimum absolute atomic E-state index is 0.254. The van der Waals surface area contributed by atoms with Crippen LogP contribution < -0.4 is 11.1 Å². The van der Waals surface area contributed by atoms with Gasteiger partial charge in [0.25, 0.3) is 0 Å². The van der Waals surface area contributed by atoms with E-state index in [9.17, 15) is 22.8 Å². The molecule has 1 aromatic carbocycles. The smallest absolute Gasteiger partial charge is 0.333 e. The summed E-state index contributed by atoms with van der Waals surface area (Å²) in [5.74, 6) is -1.49. The van der Waals surface area contributed by atoms with Gasteiger partial charge < -0.3 is 16.0 Å². The van der Waals surface area contributed by atoms with Crippen molar-refractivity contribution in [2.75, 3.05) is 18.4 Å². The molecule has 0 aliphatic carbocycles. The summed E-state index contributed by atoms with van der Waals surface area (Å²) in [5, 5.41) is 2.22. The van der Waals surface area contributed by atoms with E-state index in [4.69, 9.17) is 5.73 Å². The van der Waals surface area contributed by atoms with E-state index in [1.54, 1.807) is 20.8 Å². The number of anilines is 1. The van der Waals surface area contributed by atoms with E-state index in [0.717, 1.165) is 6.07 Å². The molecule has 0 aromatic heterocycles. The Bertz CT molecular complexity index is 588. The van der Waals surface area contributed by atoms with Crippen LogP contribution in [0.1, 0.15) is 26.3 Å². The van der Waals surface area contributed by atoms with Crippen LogP contribution in [-0.2, 0) is 15.8 Å². The van der Waals surface area contributed by atoms with E-state index in [0.29, 0.717) is 0 Å². The molecule has 0 aliphatic rings. The third-order valence-corrected chi connectivity index (χ3v) is 3.71. The molecule has 0 fully saturated rings. The van der Waals surface area contributed by atoms with Gasteiger partial charge in [0.15, 0.2) is 0 Å². The van der Waals surface area contributed by atoms with Crippen molar-refractivity contribution in [3.05, 3.63) is 29.8 Å². The maximum Gasteiger partial charge on any atom is 0.418 e. The highest BCUT2D eigenvalue weighted by molar-refractivity contribution is 5.95. The van der Waals surface area contributed by atoms with Crippen molar-refractivity contribution in [1.82, 2.24) is 4.90 Å². The Morgan fingerprint density at radius 1 is 1.25 bits per heavy atom. The normalized spacial score (nSPS) is 14.0. The summed E-state index contributed by atoms with van der Waals surface area (Å²) in [6, 6.07) is 4.30. The molecular weight excluding hydrogens is 323 g/mol. The zero-order chi connectivity index (χ0) is 18.5. The number of benzene rings is 1. The molecule has 3 N–H and O–H groups in total. The quantitative estimate of drug-likeness (QED) is 0.832. The molecule has 0 saturated heterocycles. The van der Waals surface area contributed by atoms with Crippen molar-refractivity contribution in [1.29, 1.82) is 0 Å². The first-order chi connectivity index (χ1) is 11.1. The number of rotatable bonds is 6. The summed E-state index contributed by atoms with van der Waals surface area (Å²) in [5.41, 5.74) is 4.41. The van der Waals surface area contributed by atoms with Gasteiger partial charge in [-0.05, 0) is 26.0 Å². The van der Waals surface area contributed by atoms with Crippen molar-refractivity contribution in [2.24, 2.45) is 11.7 Å². The fourth-order valence-corrected chi connectivity index (χ4v) is 2.06. The Labute approximate surface area is 139 Å². The van der Waals surface area contributed by atoms with Crippen LogP contribution in [0, 0.1) is 5.92 Å². The number of halogens is 3. The molecular formula is C16H22F3N3O2. The molecule has 0 aliphatic heterocycles. The van der Waals surface area contributed by atoms with Gasteiger partial charge in [-0.25, -0.2) is 0 Å². The number of hydrogen-bond donors (Lipinski definition) is 2. The van der Waals surface area contributed by atoms with Crippen LogP contribution in [0.3, 0.4) is 0 Å². The highest BCUT2D eigenvalue weighted by Crippen LogP contribution is 2.34. The lowest BCUT2D eigenvalue weighted by Gasteiger charge is -2.25. The van der Waals surface area contributed by atoms with Gasteiger partial charge in [-0.3, -0.25) is 9.59 Å². The third kappa shape index (κ3) is 5.23. The first-order valence-electron chi connectivity index (χ1n) is 7.58. The van der Waals surface area contributed by atoms with Gasteiger partial charge >= 0.3 is 6.18 Å². The summed E-state index contributed by atoms with van der Waals surface area (Å²) in [6.07, 6.45) is -4.58. The van der Waals surface area contributed by atoms with Crippen molar-refractivity contribution in [2.45, 2.75) is 33.0 Å². The van der Waals surface area contributed by atoms with Gasteiger partial charge in [0.05, 0.1) is 23.7 Å². The van der Waals surface area contributed by atoms with Crippen LogP contribution in [0.2, 0.25) is 0 Å². The molecule has 5 nitrogen and oxygen atoms in total. The molecule has 0 radical (unpaired) electrons. The largest absolute Gasteiger partial charge is 0.418 e. The van der Waals surface area contributed by atoms with Crippen molar-refractivity contribution < 1.29 is 22.8 Å². The average Bonchev–Trinajstić information content (AvgIpc) is 2.50. The zero-order valence-corrected chi connectivity index (χ0v) is 13.9. The zero-order valence-electron chi connectivity index (χ0n) is 13.9. The number of carbonyl (C=O) groups excluding carboxylic acids is 2. The molecule has 0 heterocycles. The molecule has 0 saturated carbocycles. The number of nitrogens with one attached hydrogen (secondary N) is 1. The SMILES string of the molecule is CCN(CC(=O)Nc1ccccc1C(F)(F)F)C(=O)C(C)C(C)N. The van der Waals surface area contributed by atoms with Gasteiger partial charge in [-0.2, -0.15) is 13.2 Å². The Morgan fingerprint density at radius 2 is 1.83 bits per heavy atom. The number of nitrogens with two attached hydrogens (primary N) is 1. The first-order valence-corrected chi connectivity index (χ1v) is 7.58. The van der Waals surface area contributed by atoms with Gasteiger partial charge in [-0.15, -0.1) is 0 Å². The lowest BCUT2D eigenvalue weighted by atomic mass is 10.0. The van der Waals surface area contributed by atoms with E-state index < -0.39 is 23.6 Å². The standard InChI is InChI=1S/C16H22F3N3O2/c1-4-22(15(24)10(2)11(3)20)9-14(23)21-13-8-6-5-7-12(13)16(17,18)19/h5-8,10-11H,4,9,20H2,1-3H3,(H,21,23). The topological polar surface area (TPSA) is 75.4 Å². The van der Waals surface area contributed by atoms with Gasteiger partial charge in [0, 0.05) is 12.6 Å². The molecule has 2 unspecified atom stereocenters. The van der Waals surface area contributed by atoms with Crippen LogP contribution in [0.5, 0.6) is 0 Å². The highest BCUT2D eigenvalue weighted by Gasteiger charge is 2.33. The number of alkyl halides is 3. The van der Waals surface area contributed by atoms with E-state index in [-0.39, 0.29) is 30.7 Å². The lowest BCUT2D eigenvalue weighted by molar-refractivity contribution is -0.139. The maximum atomic E-state index is 12.9. The highest BCUT2D eigenvalue weighted by atomic mass is 19.4.